The van der Waals surface area contributed by atoms with E-state index >= 15 is 0 Å². The normalized spacial score (nSPS) is 15.7. The molecule has 1 aliphatic heterocycles. The summed E-state index contributed by atoms with van der Waals surface area (Å²) in [4.78, 5) is 8.16. The van der Waals surface area contributed by atoms with Crippen LogP contribution in [0.25, 0.3) is 0 Å². The number of benzene rings is 1. The van der Waals surface area contributed by atoms with E-state index in [1.165, 1.54) is 14.2 Å². The fourth-order valence-corrected chi connectivity index (χ4v) is 3.50. The molecule has 3 rings (SSSR count). The molecular formula is C17H15BrN4O4. The molecule has 134 valence electrons. The first-order chi connectivity index (χ1) is 12.4. The van der Waals surface area contributed by atoms with Crippen LogP contribution in [0.1, 0.15) is 22.9 Å². The van der Waals surface area contributed by atoms with Crippen molar-refractivity contribution in [2.24, 2.45) is 5.73 Å². The van der Waals surface area contributed by atoms with Crippen molar-refractivity contribution in [1.82, 2.24) is 9.97 Å². The molecular weight excluding hydrogens is 404 g/mol. The van der Waals surface area contributed by atoms with E-state index in [0.29, 0.717) is 27.4 Å². The van der Waals surface area contributed by atoms with Crippen LogP contribution in [0.15, 0.2) is 28.1 Å². The molecule has 8 nitrogen and oxygen atoms in total. The van der Waals surface area contributed by atoms with Gasteiger partial charge in [0, 0.05) is 0 Å². The first kappa shape index (κ1) is 17.8. The van der Waals surface area contributed by atoms with Gasteiger partial charge < -0.3 is 25.1 Å². The molecule has 1 aliphatic rings. The number of halogens is 1. The third-order valence-electron chi connectivity index (χ3n) is 3.96. The van der Waals surface area contributed by atoms with E-state index in [9.17, 15) is 10.4 Å². The monoisotopic (exact) mass is 418 g/mol. The molecule has 9 heteroatoms. The molecule has 0 saturated heterocycles. The lowest BCUT2D eigenvalue weighted by Gasteiger charge is -2.26. The summed E-state index contributed by atoms with van der Waals surface area (Å²) in [6, 6.07) is 5.50. The van der Waals surface area contributed by atoms with Crippen LogP contribution >= 0.6 is 15.9 Å². The number of hydrogen-bond donors (Lipinski definition) is 2. The summed E-state index contributed by atoms with van der Waals surface area (Å²) in [7, 11) is 3.03. The van der Waals surface area contributed by atoms with Gasteiger partial charge in [0.2, 0.25) is 17.6 Å². The van der Waals surface area contributed by atoms with Crippen molar-refractivity contribution in [3.63, 3.8) is 0 Å². The third kappa shape index (κ3) is 2.78. The summed E-state index contributed by atoms with van der Waals surface area (Å²) in [6.45, 7) is 1.62. The molecule has 2 heterocycles. The van der Waals surface area contributed by atoms with Gasteiger partial charge in [-0.2, -0.15) is 15.2 Å². The van der Waals surface area contributed by atoms with E-state index in [2.05, 4.69) is 25.9 Å². The van der Waals surface area contributed by atoms with Gasteiger partial charge >= 0.3 is 0 Å². The molecule has 1 unspecified atom stereocenters. The maximum Gasteiger partial charge on any atom is 0.232 e. The van der Waals surface area contributed by atoms with Gasteiger partial charge in [0.1, 0.15) is 17.5 Å². The Hall–Kier alpha value is -2.99. The van der Waals surface area contributed by atoms with Gasteiger partial charge in [-0.25, -0.2) is 0 Å². The standard InChI is InChI=1S/C17H15BrN4O4/c1-7-21-16(23)13-12(9(6-19)15(20)26-17(13)22-7)8-4-10(18)14(25-3)11(5-8)24-2/h4-5,12H,20H2,1-3H3,(H,21,22,23). The lowest BCUT2D eigenvalue weighted by Crippen LogP contribution is -2.22. The Kier molecular flexibility index (Phi) is 4.61. The smallest absolute Gasteiger partial charge is 0.232 e. The van der Waals surface area contributed by atoms with Crippen molar-refractivity contribution in [3.05, 3.63) is 45.0 Å². The number of aryl methyl sites for hydroxylation is 1. The third-order valence-corrected chi connectivity index (χ3v) is 4.55. The van der Waals surface area contributed by atoms with Crippen LogP contribution in [0, 0.1) is 18.3 Å². The van der Waals surface area contributed by atoms with E-state index in [1.807, 2.05) is 6.07 Å². The fraction of sp³-hybridized carbons (Fsp3) is 0.235. The molecule has 0 bridgehead atoms. The largest absolute Gasteiger partial charge is 0.493 e. The fourth-order valence-electron chi connectivity index (χ4n) is 2.87. The highest BCUT2D eigenvalue weighted by Gasteiger charge is 2.36. The Morgan fingerprint density at radius 3 is 2.65 bits per heavy atom. The second-order valence-corrected chi connectivity index (χ2v) is 6.33. The first-order valence-corrected chi connectivity index (χ1v) is 8.27. The lowest BCUT2D eigenvalue weighted by molar-refractivity contribution is 0.350. The Labute approximate surface area is 158 Å². The van der Waals surface area contributed by atoms with Crippen LogP contribution in [0.3, 0.4) is 0 Å². The van der Waals surface area contributed by atoms with Crippen LogP contribution in [-0.4, -0.2) is 29.3 Å². The Morgan fingerprint density at radius 1 is 1.31 bits per heavy atom. The number of methoxy groups -OCH3 is 2. The highest BCUT2D eigenvalue weighted by Crippen LogP contribution is 2.47. The van der Waals surface area contributed by atoms with Gasteiger partial charge in [0.05, 0.1) is 30.2 Å². The quantitative estimate of drug-likeness (QED) is 0.778. The van der Waals surface area contributed by atoms with Crippen molar-refractivity contribution in [1.29, 1.82) is 5.26 Å². The van der Waals surface area contributed by atoms with E-state index in [4.69, 9.17) is 19.9 Å². The van der Waals surface area contributed by atoms with Gasteiger partial charge in [-0.3, -0.25) is 0 Å². The molecule has 1 atom stereocenters. The number of allylic oxidation sites excluding steroid dienone is 1. The number of rotatable bonds is 3. The molecule has 2 aromatic rings. The summed E-state index contributed by atoms with van der Waals surface area (Å²) in [5.74, 6) is 0.318. The average Bonchev–Trinajstić information content (AvgIpc) is 2.59. The molecule has 1 aromatic carbocycles. The summed E-state index contributed by atoms with van der Waals surface area (Å²) in [5.41, 5.74) is 6.95. The average molecular weight is 419 g/mol. The van der Waals surface area contributed by atoms with E-state index < -0.39 is 5.92 Å². The highest BCUT2D eigenvalue weighted by atomic mass is 79.9. The lowest BCUT2D eigenvalue weighted by atomic mass is 9.84. The summed E-state index contributed by atoms with van der Waals surface area (Å²) < 4.78 is 16.7. The predicted octanol–water partition coefficient (Wildman–Crippen LogP) is 2.49. The Morgan fingerprint density at radius 2 is 2.04 bits per heavy atom. The van der Waals surface area contributed by atoms with Crippen LogP contribution in [0.2, 0.25) is 0 Å². The second kappa shape index (κ2) is 6.72. The van der Waals surface area contributed by atoms with E-state index in [-0.39, 0.29) is 28.8 Å². The molecule has 0 amide bonds. The Bertz CT molecular complexity index is 968. The number of ether oxygens (including phenoxy) is 3. The zero-order chi connectivity index (χ0) is 19.0. The summed E-state index contributed by atoms with van der Waals surface area (Å²) in [5, 5.41) is 20.0. The minimum Gasteiger partial charge on any atom is -0.493 e. The van der Waals surface area contributed by atoms with Gasteiger partial charge in [-0.05, 0) is 40.5 Å². The van der Waals surface area contributed by atoms with Crippen LogP contribution in [0.5, 0.6) is 23.3 Å². The molecule has 1 aromatic heterocycles. The van der Waals surface area contributed by atoms with E-state index in [0.717, 1.165) is 0 Å². The van der Waals surface area contributed by atoms with Gasteiger partial charge in [0.15, 0.2) is 11.5 Å². The first-order valence-electron chi connectivity index (χ1n) is 7.47. The van der Waals surface area contributed by atoms with Crippen molar-refractivity contribution >= 4 is 15.9 Å². The molecule has 3 N–H and O–H groups in total. The minimum atomic E-state index is -0.722. The molecule has 0 fully saturated rings. The number of nitrogens with zero attached hydrogens (tertiary/aromatic N) is 3. The van der Waals surface area contributed by atoms with Gasteiger partial charge in [0.25, 0.3) is 0 Å². The van der Waals surface area contributed by atoms with Crippen molar-refractivity contribution < 1.29 is 19.3 Å². The van der Waals surface area contributed by atoms with Crippen molar-refractivity contribution in [3.8, 4) is 29.3 Å². The van der Waals surface area contributed by atoms with Crippen LogP contribution < -0.4 is 19.9 Å². The van der Waals surface area contributed by atoms with Crippen molar-refractivity contribution in [2.75, 3.05) is 14.2 Å². The molecule has 0 spiro atoms. The Balaban J connectivity index is 2.30. The minimum absolute atomic E-state index is 0.0755. The zero-order valence-corrected chi connectivity index (χ0v) is 15.8. The molecule has 0 aliphatic carbocycles. The molecule has 26 heavy (non-hydrogen) atoms. The predicted molar refractivity (Wildman–Crippen MR) is 95.0 cm³/mol. The maximum atomic E-state index is 10.4. The maximum absolute atomic E-state index is 10.4. The van der Waals surface area contributed by atoms with Crippen LogP contribution in [0.4, 0.5) is 0 Å². The number of fused-ring (bicyclic) bond motifs is 1. The number of hydrogen-bond acceptors (Lipinski definition) is 8. The number of aromatic hydroxyl groups is 1. The SMILES string of the molecule is COc1cc(C2C(C#N)=C(N)Oc3nc(C)nc(O)c32)cc(Br)c1OC. The number of nitriles is 1. The highest BCUT2D eigenvalue weighted by molar-refractivity contribution is 9.10. The van der Waals surface area contributed by atoms with Gasteiger partial charge in [-0.15, -0.1) is 0 Å². The molecule has 0 radical (unpaired) electrons. The topological polar surface area (TPSA) is 124 Å². The number of nitrogens with two attached hydrogens (primary N) is 1. The van der Waals surface area contributed by atoms with Gasteiger partial charge in [-0.1, -0.05) is 0 Å². The van der Waals surface area contributed by atoms with Crippen molar-refractivity contribution in [2.45, 2.75) is 12.8 Å². The summed E-state index contributed by atoms with van der Waals surface area (Å²) in [6.07, 6.45) is 0. The zero-order valence-electron chi connectivity index (χ0n) is 14.2. The van der Waals surface area contributed by atoms with E-state index in [1.54, 1.807) is 19.1 Å². The molecule has 0 saturated carbocycles. The second-order valence-electron chi connectivity index (χ2n) is 5.48. The number of aromatic nitrogens is 2. The van der Waals surface area contributed by atoms with Crippen LogP contribution in [-0.2, 0) is 0 Å². The summed E-state index contributed by atoms with van der Waals surface area (Å²) >= 11 is 3.43.